The fourth-order valence-corrected chi connectivity index (χ4v) is 3.71. The quantitative estimate of drug-likeness (QED) is 0.507. The third-order valence-corrected chi connectivity index (χ3v) is 5.60. The van der Waals surface area contributed by atoms with Gasteiger partial charge in [0.15, 0.2) is 5.78 Å². The van der Waals surface area contributed by atoms with Crippen LogP contribution in [-0.2, 0) is 16.0 Å². The van der Waals surface area contributed by atoms with Gasteiger partial charge in [0, 0.05) is 17.0 Å². The van der Waals surface area contributed by atoms with Gasteiger partial charge in [0.05, 0.1) is 19.4 Å². The van der Waals surface area contributed by atoms with Crippen LogP contribution in [0.5, 0.6) is 17.2 Å². The van der Waals surface area contributed by atoms with Gasteiger partial charge in [-0.05, 0) is 33.6 Å². The van der Waals surface area contributed by atoms with Crippen LogP contribution in [-0.4, -0.2) is 35.2 Å². The van der Waals surface area contributed by atoms with Crippen molar-refractivity contribution in [3.05, 3.63) is 28.3 Å². The summed E-state index contributed by atoms with van der Waals surface area (Å²) < 4.78 is 10.9. The van der Waals surface area contributed by atoms with E-state index in [2.05, 4.69) is 0 Å². The number of phenolic OH excluding ortho intramolecular Hbond substituents is 2. The zero-order chi connectivity index (χ0) is 21.9. The van der Waals surface area contributed by atoms with E-state index < -0.39 is 18.0 Å². The van der Waals surface area contributed by atoms with Crippen LogP contribution in [0.4, 0.5) is 0 Å². The summed E-state index contributed by atoms with van der Waals surface area (Å²) in [6, 6.07) is 0. The average Bonchev–Trinajstić information content (AvgIpc) is 2.65. The number of rotatable bonds is 7. The first-order valence-electron chi connectivity index (χ1n) is 10.2. The molecule has 0 amide bonds. The Hall–Kier alpha value is -2.50. The van der Waals surface area contributed by atoms with Crippen molar-refractivity contribution in [1.29, 1.82) is 0 Å². The van der Waals surface area contributed by atoms with E-state index >= 15 is 0 Å². The topological polar surface area (TPSA) is 93.1 Å². The van der Waals surface area contributed by atoms with Crippen LogP contribution < -0.4 is 4.74 Å². The van der Waals surface area contributed by atoms with Crippen molar-refractivity contribution in [2.45, 2.75) is 72.3 Å². The van der Waals surface area contributed by atoms with Crippen LogP contribution in [0.1, 0.15) is 81.3 Å². The highest BCUT2D eigenvalue weighted by atomic mass is 16.5. The third-order valence-electron chi connectivity index (χ3n) is 5.60. The minimum Gasteiger partial charge on any atom is -0.507 e. The molecular weight excluding hydrogens is 372 g/mol. The van der Waals surface area contributed by atoms with Crippen molar-refractivity contribution in [1.82, 2.24) is 0 Å². The maximum atomic E-state index is 13.0. The van der Waals surface area contributed by atoms with Crippen molar-refractivity contribution >= 4 is 11.8 Å². The lowest BCUT2D eigenvalue weighted by Gasteiger charge is -2.33. The fourth-order valence-electron chi connectivity index (χ4n) is 3.71. The van der Waals surface area contributed by atoms with E-state index in [9.17, 15) is 19.8 Å². The number of Topliss-reactive ketones (excluding diaryl/α,β-unsaturated/α-hetero) is 1. The number of aromatic hydroxyl groups is 2. The number of benzene rings is 1. The summed E-state index contributed by atoms with van der Waals surface area (Å²) >= 11 is 0. The second-order valence-corrected chi connectivity index (χ2v) is 8.02. The van der Waals surface area contributed by atoms with Gasteiger partial charge in [0.1, 0.15) is 28.9 Å². The molecule has 6 heteroatoms. The van der Waals surface area contributed by atoms with Gasteiger partial charge in [-0.3, -0.25) is 9.59 Å². The summed E-state index contributed by atoms with van der Waals surface area (Å²) in [5, 5.41) is 22.0. The number of carbonyl (C=O) groups is 2. The van der Waals surface area contributed by atoms with E-state index in [4.69, 9.17) is 9.47 Å². The maximum absolute atomic E-state index is 13.0. The number of hydrogen-bond donors (Lipinski definition) is 2. The van der Waals surface area contributed by atoms with Gasteiger partial charge in [-0.15, -0.1) is 0 Å². The molecule has 0 spiro atoms. The molecule has 0 unspecified atom stereocenters. The number of allylic oxidation sites excluding steroid dienone is 2. The standard InChI is InChI=1S/C23H32O6/c1-7-8-15(11-17(24)28-6)18-21(26)16(10-9-12(2)3)22(27)19-20(25)13(4)14(5)29-23(18)19/h9,13-15,26-27H,7-8,10-11H2,1-6H3/t13-,14-,15-/m0/s1. The van der Waals surface area contributed by atoms with Gasteiger partial charge >= 0.3 is 5.97 Å². The van der Waals surface area contributed by atoms with Crippen LogP contribution in [0.15, 0.2) is 11.6 Å². The summed E-state index contributed by atoms with van der Waals surface area (Å²) in [4.78, 5) is 25.1. The van der Waals surface area contributed by atoms with Crippen molar-refractivity contribution in [2.75, 3.05) is 7.11 Å². The minimum absolute atomic E-state index is 0.0543. The Bertz CT molecular complexity index is 819. The molecule has 0 aliphatic carbocycles. The highest BCUT2D eigenvalue weighted by Crippen LogP contribution is 2.51. The number of esters is 1. The molecule has 0 saturated heterocycles. The van der Waals surface area contributed by atoms with Gasteiger partial charge in [0.2, 0.25) is 0 Å². The highest BCUT2D eigenvalue weighted by molar-refractivity contribution is 6.05. The van der Waals surface area contributed by atoms with Crippen LogP contribution in [0.2, 0.25) is 0 Å². The molecule has 6 nitrogen and oxygen atoms in total. The van der Waals surface area contributed by atoms with Crippen molar-refractivity contribution < 1.29 is 29.3 Å². The molecule has 3 atom stereocenters. The maximum Gasteiger partial charge on any atom is 0.306 e. The van der Waals surface area contributed by atoms with E-state index in [1.165, 1.54) is 7.11 Å². The first-order chi connectivity index (χ1) is 13.6. The van der Waals surface area contributed by atoms with Crippen molar-refractivity contribution in [2.24, 2.45) is 5.92 Å². The molecule has 1 aliphatic rings. The molecule has 1 aliphatic heterocycles. The molecule has 0 bridgehead atoms. The lowest BCUT2D eigenvalue weighted by atomic mass is 9.81. The van der Waals surface area contributed by atoms with Crippen LogP contribution in [0.25, 0.3) is 0 Å². The van der Waals surface area contributed by atoms with Gasteiger partial charge in [0.25, 0.3) is 0 Å². The number of carbonyl (C=O) groups excluding carboxylic acids is 2. The average molecular weight is 405 g/mol. The predicted molar refractivity (Wildman–Crippen MR) is 111 cm³/mol. The first kappa shape index (κ1) is 22.8. The summed E-state index contributed by atoms with van der Waals surface area (Å²) in [7, 11) is 1.32. The number of fused-ring (bicyclic) bond motifs is 1. The van der Waals surface area contributed by atoms with Gasteiger partial charge < -0.3 is 19.7 Å². The Balaban J connectivity index is 2.79. The van der Waals surface area contributed by atoms with Crippen molar-refractivity contribution in [3.63, 3.8) is 0 Å². The van der Waals surface area contributed by atoms with Gasteiger partial charge in [-0.25, -0.2) is 0 Å². The molecule has 29 heavy (non-hydrogen) atoms. The molecule has 1 aromatic rings. The Morgan fingerprint density at radius 3 is 2.45 bits per heavy atom. The van der Waals surface area contributed by atoms with E-state index in [-0.39, 0.29) is 52.9 Å². The van der Waals surface area contributed by atoms with Gasteiger partial charge in [-0.2, -0.15) is 0 Å². The van der Waals surface area contributed by atoms with E-state index in [0.29, 0.717) is 12.0 Å². The second kappa shape index (κ2) is 9.33. The molecule has 1 heterocycles. The summed E-state index contributed by atoms with van der Waals surface area (Å²) in [5.74, 6) is -1.60. The monoisotopic (exact) mass is 404 g/mol. The molecule has 2 N–H and O–H groups in total. The van der Waals surface area contributed by atoms with E-state index in [0.717, 1.165) is 12.0 Å². The second-order valence-electron chi connectivity index (χ2n) is 8.02. The van der Waals surface area contributed by atoms with Crippen LogP contribution in [0.3, 0.4) is 0 Å². The smallest absolute Gasteiger partial charge is 0.306 e. The highest BCUT2D eigenvalue weighted by Gasteiger charge is 2.40. The molecule has 160 valence electrons. The number of ketones is 1. The number of ether oxygens (including phenoxy) is 2. The Morgan fingerprint density at radius 2 is 1.90 bits per heavy atom. The van der Waals surface area contributed by atoms with Crippen LogP contribution in [0, 0.1) is 5.92 Å². The lowest BCUT2D eigenvalue weighted by Crippen LogP contribution is -2.34. The number of methoxy groups -OCH3 is 1. The van der Waals surface area contributed by atoms with E-state index in [1.807, 2.05) is 26.8 Å². The minimum atomic E-state index is -0.424. The molecule has 0 aromatic heterocycles. The number of hydrogen-bond acceptors (Lipinski definition) is 6. The molecule has 0 saturated carbocycles. The summed E-state index contributed by atoms with van der Waals surface area (Å²) in [6.45, 7) is 9.37. The zero-order valence-corrected chi connectivity index (χ0v) is 18.2. The Labute approximate surface area is 172 Å². The first-order valence-corrected chi connectivity index (χ1v) is 10.2. The summed E-state index contributed by atoms with van der Waals surface area (Å²) in [6.07, 6.45) is 3.16. The Morgan fingerprint density at radius 1 is 1.24 bits per heavy atom. The summed E-state index contributed by atoms with van der Waals surface area (Å²) in [5.41, 5.74) is 1.82. The number of phenols is 2. The largest absolute Gasteiger partial charge is 0.507 e. The van der Waals surface area contributed by atoms with Gasteiger partial charge in [-0.1, -0.05) is 31.9 Å². The molecule has 2 rings (SSSR count). The molecular formula is C23H32O6. The SMILES string of the molecule is CCC[C@@H](CC(=O)OC)c1c(O)c(CC=C(C)C)c(O)c2c1O[C@@H](C)[C@H](C)C2=O. The Kier molecular flexibility index (Phi) is 7.33. The zero-order valence-electron chi connectivity index (χ0n) is 18.2. The van der Waals surface area contributed by atoms with E-state index in [1.54, 1.807) is 13.8 Å². The third kappa shape index (κ3) is 4.57. The molecule has 0 radical (unpaired) electrons. The lowest BCUT2D eigenvalue weighted by molar-refractivity contribution is -0.141. The normalized spacial score (nSPS) is 19.2. The fraction of sp³-hybridized carbons (Fsp3) is 0.565. The van der Waals surface area contributed by atoms with Crippen molar-refractivity contribution in [3.8, 4) is 17.2 Å². The molecule has 1 aromatic carbocycles. The predicted octanol–water partition coefficient (Wildman–Crippen LogP) is 4.65. The van der Waals surface area contributed by atoms with Crippen LogP contribution >= 0.6 is 0 Å². The molecule has 0 fully saturated rings.